The first-order chi connectivity index (χ1) is 13.8. The van der Waals surface area contributed by atoms with Gasteiger partial charge in [-0.1, -0.05) is 11.8 Å². The molecule has 7 nitrogen and oxygen atoms in total. The third kappa shape index (κ3) is 3.65. The third-order valence-electron chi connectivity index (χ3n) is 5.59. The van der Waals surface area contributed by atoms with Crippen LogP contribution in [0.2, 0.25) is 0 Å². The van der Waals surface area contributed by atoms with E-state index in [1.807, 2.05) is 18.4 Å². The quantitative estimate of drug-likeness (QED) is 0.503. The summed E-state index contributed by atoms with van der Waals surface area (Å²) in [7, 11) is 0. The molecular formula is C20H24N6OS. The third-order valence-corrected chi connectivity index (χ3v) is 6.13. The minimum atomic E-state index is 0.446. The van der Waals surface area contributed by atoms with Crippen LogP contribution in [0.5, 0.6) is 5.88 Å². The summed E-state index contributed by atoms with van der Waals surface area (Å²) in [6.45, 7) is 2.67. The van der Waals surface area contributed by atoms with Crippen molar-refractivity contribution in [3.8, 4) is 5.88 Å². The van der Waals surface area contributed by atoms with Gasteiger partial charge in [0.15, 0.2) is 10.8 Å². The molecule has 1 N–H and O–H groups in total. The minimum Gasteiger partial charge on any atom is -0.477 e. The van der Waals surface area contributed by atoms with Gasteiger partial charge in [0.25, 0.3) is 0 Å². The Labute approximate surface area is 168 Å². The van der Waals surface area contributed by atoms with Crippen molar-refractivity contribution >= 4 is 28.6 Å². The van der Waals surface area contributed by atoms with Crippen LogP contribution in [-0.4, -0.2) is 51.1 Å². The summed E-state index contributed by atoms with van der Waals surface area (Å²) in [6, 6.07) is 6.08. The molecule has 2 aliphatic rings. The smallest absolute Gasteiger partial charge is 0.219 e. The lowest BCUT2D eigenvalue weighted by Gasteiger charge is -2.32. The molecule has 4 heterocycles. The van der Waals surface area contributed by atoms with E-state index in [-0.39, 0.29) is 0 Å². The zero-order chi connectivity index (χ0) is 18.9. The fourth-order valence-corrected chi connectivity index (χ4v) is 4.14. The van der Waals surface area contributed by atoms with Gasteiger partial charge in [-0.3, -0.25) is 5.10 Å². The first-order valence-electron chi connectivity index (χ1n) is 9.90. The highest BCUT2D eigenvalue weighted by Crippen LogP contribution is 2.34. The summed E-state index contributed by atoms with van der Waals surface area (Å²) < 4.78 is 5.92. The lowest BCUT2D eigenvalue weighted by Crippen LogP contribution is -2.33. The molecule has 1 aliphatic carbocycles. The number of fused-ring (bicyclic) bond motifs is 1. The second kappa shape index (κ2) is 7.58. The van der Waals surface area contributed by atoms with Crippen molar-refractivity contribution in [2.24, 2.45) is 5.92 Å². The number of nitrogens with one attached hydrogen (secondary N) is 1. The van der Waals surface area contributed by atoms with Gasteiger partial charge in [0.2, 0.25) is 5.88 Å². The lowest BCUT2D eigenvalue weighted by atomic mass is 9.92. The molecule has 5 rings (SSSR count). The van der Waals surface area contributed by atoms with Crippen LogP contribution < -0.4 is 9.64 Å². The van der Waals surface area contributed by atoms with Crippen molar-refractivity contribution in [2.45, 2.75) is 36.8 Å². The van der Waals surface area contributed by atoms with E-state index in [0.29, 0.717) is 17.7 Å². The molecule has 0 spiro atoms. The predicted octanol–water partition coefficient (Wildman–Crippen LogP) is 3.64. The molecule has 1 saturated heterocycles. The summed E-state index contributed by atoms with van der Waals surface area (Å²) in [5, 5.41) is 9.53. The first-order valence-corrected chi connectivity index (χ1v) is 11.1. The number of anilines is 1. The Bertz CT molecular complexity index is 964. The molecular weight excluding hydrogens is 372 g/mol. The van der Waals surface area contributed by atoms with Crippen LogP contribution >= 0.6 is 11.8 Å². The van der Waals surface area contributed by atoms with Crippen LogP contribution in [0, 0.1) is 5.92 Å². The number of thioether (sulfide) groups is 1. The summed E-state index contributed by atoms with van der Waals surface area (Å²) >= 11 is 1.56. The topological polar surface area (TPSA) is 79.8 Å². The first kappa shape index (κ1) is 17.7. The van der Waals surface area contributed by atoms with Gasteiger partial charge in [0.05, 0.1) is 12.3 Å². The van der Waals surface area contributed by atoms with Crippen molar-refractivity contribution < 1.29 is 4.74 Å². The number of H-pyrrole nitrogens is 1. The highest BCUT2D eigenvalue weighted by Gasteiger charge is 2.26. The van der Waals surface area contributed by atoms with E-state index in [1.54, 1.807) is 18.0 Å². The molecule has 0 unspecified atom stereocenters. The van der Waals surface area contributed by atoms with E-state index in [9.17, 15) is 0 Å². The molecule has 3 aromatic heterocycles. The van der Waals surface area contributed by atoms with Crippen molar-refractivity contribution in [1.82, 2.24) is 25.1 Å². The molecule has 2 fully saturated rings. The second-order valence-corrected chi connectivity index (χ2v) is 8.35. The van der Waals surface area contributed by atoms with Crippen LogP contribution in [0.3, 0.4) is 0 Å². The normalized spacial score (nSPS) is 18.0. The maximum absolute atomic E-state index is 5.92. The number of ether oxygens (including phenoxy) is 1. The Balaban J connectivity index is 1.30. The number of hydrogen-bond donors (Lipinski definition) is 1. The monoisotopic (exact) mass is 396 g/mol. The van der Waals surface area contributed by atoms with Gasteiger partial charge in [-0.25, -0.2) is 9.97 Å². The molecule has 0 bridgehead atoms. The van der Waals surface area contributed by atoms with Gasteiger partial charge in [-0.2, -0.15) is 10.1 Å². The van der Waals surface area contributed by atoms with Gasteiger partial charge in [-0.05, 0) is 50.0 Å². The fourth-order valence-electron chi connectivity index (χ4n) is 3.77. The predicted molar refractivity (Wildman–Crippen MR) is 110 cm³/mol. The molecule has 0 atom stereocenters. The number of pyridine rings is 1. The van der Waals surface area contributed by atoms with Gasteiger partial charge in [-0.15, -0.1) is 0 Å². The molecule has 1 saturated carbocycles. The molecule has 3 aromatic rings. The van der Waals surface area contributed by atoms with Gasteiger partial charge in [0, 0.05) is 36.7 Å². The summed E-state index contributed by atoms with van der Waals surface area (Å²) in [4.78, 5) is 15.9. The highest BCUT2D eigenvalue weighted by molar-refractivity contribution is 7.98. The van der Waals surface area contributed by atoms with Gasteiger partial charge >= 0.3 is 0 Å². The second-order valence-electron chi connectivity index (χ2n) is 7.58. The van der Waals surface area contributed by atoms with E-state index in [2.05, 4.69) is 31.1 Å². The summed E-state index contributed by atoms with van der Waals surface area (Å²) in [5.41, 5.74) is 2.02. The van der Waals surface area contributed by atoms with Crippen LogP contribution in [0.15, 0.2) is 29.6 Å². The SMILES string of the molecule is CSc1nc(OCC2CC2)cc(N2CCC(c3n[nH]c4ncccc34)CC2)n1. The average molecular weight is 397 g/mol. The van der Waals surface area contributed by atoms with Crippen molar-refractivity contribution in [3.63, 3.8) is 0 Å². The van der Waals surface area contributed by atoms with E-state index in [4.69, 9.17) is 9.72 Å². The Hall–Kier alpha value is -2.35. The molecule has 146 valence electrons. The zero-order valence-electron chi connectivity index (χ0n) is 16.0. The molecule has 0 radical (unpaired) electrons. The number of nitrogens with zero attached hydrogens (tertiary/aromatic N) is 5. The van der Waals surface area contributed by atoms with Crippen LogP contribution in [0.1, 0.15) is 37.3 Å². The largest absolute Gasteiger partial charge is 0.477 e. The van der Waals surface area contributed by atoms with Crippen molar-refractivity contribution in [1.29, 1.82) is 0 Å². The van der Waals surface area contributed by atoms with Gasteiger partial charge in [0.1, 0.15) is 5.82 Å². The molecule has 0 aromatic carbocycles. The number of aromatic nitrogens is 5. The van der Waals surface area contributed by atoms with Crippen LogP contribution in [0.4, 0.5) is 5.82 Å². The Kier molecular flexibility index (Phi) is 4.80. The fraction of sp³-hybridized carbons (Fsp3) is 0.500. The van der Waals surface area contributed by atoms with E-state index in [0.717, 1.165) is 60.2 Å². The maximum Gasteiger partial charge on any atom is 0.219 e. The average Bonchev–Trinajstić information content (AvgIpc) is 3.49. The number of piperidine rings is 1. The maximum atomic E-state index is 5.92. The standard InChI is InChI=1S/C20H24N6OS/c1-28-20-22-16(11-17(23-20)27-12-13-4-5-13)26-9-6-14(7-10-26)18-15-3-2-8-21-19(15)25-24-18/h2-3,8,11,13-14H,4-7,9-10,12H2,1H3,(H,21,24,25). The number of rotatable bonds is 6. The highest BCUT2D eigenvalue weighted by atomic mass is 32.2. The number of aromatic amines is 1. The van der Waals surface area contributed by atoms with Crippen LogP contribution in [-0.2, 0) is 0 Å². The van der Waals surface area contributed by atoms with Crippen LogP contribution in [0.25, 0.3) is 11.0 Å². The molecule has 1 aliphatic heterocycles. The number of hydrogen-bond acceptors (Lipinski definition) is 7. The van der Waals surface area contributed by atoms with E-state index >= 15 is 0 Å². The lowest BCUT2D eigenvalue weighted by molar-refractivity contribution is 0.285. The van der Waals surface area contributed by atoms with Gasteiger partial charge < -0.3 is 9.64 Å². The molecule has 8 heteroatoms. The summed E-state index contributed by atoms with van der Waals surface area (Å²) in [6.07, 6.45) is 8.45. The Morgan fingerprint density at radius 1 is 1.21 bits per heavy atom. The van der Waals surface area contributed by atoms with E-state index < -0.39 is 0 Å². The van der Waals surface area contributed by atoms with Crippen molar-refractivity contribution in [3.05, 3.63) is 30.1 Å². The Morgan fingerprint density at radius 2 is 2.07 bits per heavy atom. The Morgan fingerprint density at radius 3 is 2.86 bits per heavy atom. The summed E-state index contributed by atoms with van der Waals surface area (Å²) in [5.74, 6) is 2.83. The zero-order valence-corrected chi connectivity index (χ0v) is 16.8. The molecule has 0 amide bonds. The van der Waals surface area contributed by atoms with Crippen molar-refractivity contribution in [2.75, 3.05) is 30.9 Å². The van der Waals surface area contributed by atoms with E-state index in [1.165, 1.54) is 12.8 Å². The molecule has 28 heavy (non-hydrogen) atoms. The minimum absolute atomic E-state index is 0.446.